The third-order valence-electron chi connectivity index (χ3n) is 13.8. The van der Waals surface area contributed by atoms with Gasteiger partial charge in [0.25, 0.3) is 17.4 Å². The number of amides is 5. The van der Waals surface area contributed by atoms with Crippen molar-refractivity contribution in [3.63, 3.8) is 0 Å². The van der Waals surface area contributed by atoms with Crippen LogP contribution in [0.5, 0.6) is 0 Å². The topological polar surface area (TPSA) is 203 Å². The minimum Gasteiger partial charge on any atom is -0.413 e. The number of piperazine rings is 1. The number of nitrogens with zero attached hydrogens (tertiary/aromatic N) is 8. The number of piperidine rings is 1. The zero-order valence-corrected chi connectivity index (χ0v) is 47.4. The molecule has 3 aliphatic heterocycles. The van der Waals surface area contributed by atoms with Crippen molar-refractivity contribution in [3.05, 3.63) is 171 Å². The number of hydrogen-bond acceptors (Lipinski definition) is 12. The van der Waals surface area contributed by atoms with Gasteiger partial charge in [-0.05, 0) is 65.8 Å². The van der Waals surface area contributed by atoms with E-state index in [1.54, 1.807) is 40.7 Å². The molecule has 5 heterocycles. The van der Waals surface area contributed by atoms with Gasteiger partial charge in [0, 0.05) is 140 Å². The molecule has 0 spiro atoms. The Balaban J connectivity index is 0.000000379. The monoisotopic (exact) mass is 1120 g/mol. The summed E-state index contributed by atoms with van der Waals surface area (Å²) in [5, 5.41) is 13.6. The van der Waals surface area contributed by atoms with Crippen molar-refractivity contribution in [2.45, 2.75) is 77.9 Å². The Kier molecular flexibility index (Phi) is 20.1. The molecule has 1 radical (unpaired) electrons. The molecule has 1 atom stereocenters. The normalized spacial score (nSPS) is 15.6. The van der Waals surface area contributed by atoms with Crippen LogP contribution in [0.4, 0.5) is 5.69 Å². The van der Waals surface area contributed by atoms with Crippen molar-refractivity contribution < 1.29 is 66.2 Å². The Morgan fingerprint density at radius 1 is 0.857 bits per heavy atom. The number of rotatable bonds is 17. The van der Waals surface area contributed by atoms with Crippen LogP contribution in [0.2, 0.25) is 0 Å². The van der Waals surface area contributed by atoms with E-state index < -0.39 is 6.04 Å². The summed E-state index contributed by atoms with van der Waals surface area (Å²) in [5.41, 5.74) is 8.69. The van der Waals surface area contributed by atoms with Crippen LogP contribution in [-0.4, -0.2) is 134 Å². The van der Waals surface area contributed by atoms with E-state index in [2.05, 4.69) is 59.6 Å². The minimum absolute atomic E-state index is 0. The van der Waals surface area contributed by atoms with Crippen molar-refractivity contribution >= 4 is 35.2 Å². The van der Waals surface area contributed by atoms with Gasteiger partial charge in [0.2, 0.25) is 11.8 Å². The summed E-state index contributed by atoms with van der Waals surface area (Å²) in [6.07, 6.45) is 5.33. The summed E-state index contributed by atoms with van der Waals surface area (Å²) in [5.74, 6) is -1.01. The quantitative estimate of drug-likeness (QED) is 0.0652. The number of carbonyl (C=O) groups is 5. The minimum atomic E-state index is -0.545. The largest absolute Gasteiger partial charge is 0.413 e. The third-order valence-corrected chi connectivity index (χ3v) is 13.8. The first-order valence-corrected chi connectivity index (χ1v) is 25.7. The van der Waals surface area contributed by atoms with Crippen LogP contribution in [-0.2, 0) is 90.2 Å². The molecule has 0 aliphatic carbocycles. The van der Waals surface area contributed by atoms with Crippen molar-refractivity contribution in [1.29, 1.82) is 0 Å². The number of fused-ring (bicyclic) bond motifs is 1. The molecule has 2 saturated heterocycles. The van der Waals surface area contributed by atoms with Crippen molar-refractivity contribution in [2.75, 3.05) is 64.5 Å². The number of aryl methyl sites for hydroxylation is 1. The van der Waals surface area contributed by atoms with Gasteiger partial charge in [-0.2, -0.15) is 24.3 Å². The first-order valence-electron chi connectivity index (χ1n) is 25.7. The van der Waals surface area contributed by atoms with E-state index in [0.717, 1.165) is 53.1 Å². The molecular weight excluding hydrogens is 1050 g/mol. The van der Waals surface area contributed by atoms with Crippen LogP contribution in [0, 0.1) is 19.9 Å². The van der Waals surface area contributed by atoms with Gasteiger partial charge >= 0.3 is 0 Å². The molecule has 0 saturated carbocycles. The van der Waals surface area contributed by atoms with Gasteiger partial charge in [-0.15, -0.1) is 10.7 Å². The number of imide groups is 1. The van der Waals surface area contributed by atoms with Crippen LogP contribution >= 0.6 is 0 Å². The number of carbonyl (C=O) groups excluding carboxylic acids is 5. The molecule has 4 aromatic carbocycles. The molecule has 77 heavy (non-hydrogen) atoms. The molecule has 401 valence electrons. The SMILES string of the molecule is O=C1CCC(N2Cc3[c-]cccc3C2=O)C(=O)N1.[CH2-]COCCc1cn(CCOCCN2CCN(C(=O)c3ccc(Cc4nc(-c5cccc(NC(=O)c6ccc(C(C)(C)C)cc6)c5C)cn(C)c4=O)cc3)CC2)nn1.[Y]. The molecular formula is C58H66N10O8Y-2. The smallest absolute Gasteiger partial charge is 0.272 e. The van der Waals surface area contributed by atoms with Crippen LogP contribution in [0.15, 0.2) is 102 Å². The van der Waals surface area contributed by atoms with Gasteiger partial charge in [-0.25, -0.2) is 9.67 Å². The Morgan fingerprint density at radius 3 is 2.27 bits per heavy atom. The van der Waals surface area contributed by atoms with E-state index in [4.69, 9.17) is 14.5 Å². The van der Waals surface area contributed by atoms with Crippen LogP contribution < -0.4 is 16.2 Å². The summed E-state index contributed by atoms with van der Waals surface area (Å²) < 4.78 is 14.4. The van der Waals surface area contributed by atoms with Gasteiger partial charge in [-0.1, -0.05) is 74.6 Å². The van der Waals surface area contributed by atoms with E-state index >= 15 is 0 Å². The molecule has 2 fully saturated rings. The number of benzene rings is 4. The second-order valence-corrected chi connectivity index (χ2v) is 20.2. The summed E-state index contributed by atoms with van der Waals surface area (Å²) in [6, 6.07) is 28.5. The summed E-state index contributed by atoms with van der Waals surface area (Å²) in [7, 11) is 1.72. The number of anilines is 1. The average molecular weight is 1120 g/mol. The van der Waals surface area contributed by atoms with E-state index in [1.807, 2.05) is 84.8 Å². The maximum absolute atomic E-state index is 13.4. The van der Waals surface area contributed by atoms with Gasteiger partial charge in [0.1, 0.15) is 11.7 Å². The van der Waals surface area contributed by atoms with E-state index in [9.17, 15) is 28.8 Å². The van der Waals surface area contributed by atoms with E-state index in [1.165, 1.54) is 4.90 Å². The fourth-order valence-corrected chi connectivity index (χ4v) is 9.32. The maximum atomic E-state index is 13.4. The molecule has 1 unspecified atom stereocenters. The van der Waals surface area contributed by atoms with Crippen molar-refractivity contribution in [2.24, 2.45) is 7.05 Å². The Labute approximate surface area is 474 Å². The van der Waals surface area contributed by atoms with Crippen LogP contribution in [0.3, 0.4) is 0 Å². The molecule has 9 rings (SSSR count). The van der Waals surface area contributed by atoms with Gasteiger partial charge in [0.15, 0.2) is 5.91 Å². The Morgan fingerprint density at radius 2 is 1.57 bits per heavy atom. The first-order chi connectivity index (χ1) is 36.6. The van der Waals surface area contributed by atoms with Crippen molar-refractivity contribution in [1.82, 2.24) is 44.6 Å². The molecule has 18 nitrogen and oxygen atoms in total. The predicted octanol–water partition coefficient (Wildman–Crippen LogP) is 5.60. The molecule has 2 aromatic heterocycles. The van der Waals surface area contributed by atoms with Gasteiger partial charge in [0.05, 0.1) is 31.1 Å². The van der Waals surface area contributed by atoms with E-state index in [0.29, 0.717) is 106 Å². The molecule has 2 N–H and O–H groups in total. The predicted molar refractivity (Wildman–Crippen MR) is 286 cm³/mol. The van der Waals surface area contributed by atoms with Crippen molar-refractivity contribution in [3.8, 4) is 11.3 Å². The zero-order valence-electron chi connectivity index (χ0n) is 44.5. The zero-order chi connectivity index (χ0) is 53.9. The number of aromatic nitrogens is 5. The fourth-order valence-electron chi connectivity index (χ4n) is 9.32. The second-order valence-electron chi connectivity index (χ2n) is 20.2. The number of hydrogen-bond donors (Lipinski definition) is 2. The number of nitrogens with one attached hydrogen (secondary N) is 2. The fraction of sp³-hybridized carbons (Fsp3) is 0.379. The maximum Gasteiger partial charge on any atom is 0.272 e. The van der Waals surface area contributed by atoms with Crippen LogP contribution in [0.25, 0.3) is 11.3 Å². The molecule has 6 aromatic rings. The van der Waals surface area contributed by atoms with Crippen LogP contribution in [0.1, 0.15) is 98.3 Å². The molecule has 0 bridgehead atoms. The Hall–Kier alpha value is -6.57. The van der Waals surface area contributed by atoms with Gasteiger partial charge < -0.3 is 36.1 Å². The summed E-state index contributed by atoms with van der Waals surface area (Å²) in [4.78, 5) is 85.4. The summed E-state index contributed by atoms with van der Waals surface area (Å²) in [6.45, 7) is 18.9. The Bertz CT molecular complexity index is 3110. The third kappa shape index (κ3) is 14.9. The molecule has 3 aliphatic rings. The molecule has 5 amide bonds. The average Bonchev–Trinajstić information content (AvgIpc) is 4.01. The standard InChI is InChI=1S/C45H55N8O5.C13H11N2O3.Y/c1-7-57-26-19-37-30-53(49-48-37)25-28-58-27-24-51-20-22-52(23-21-51)43(55)35-13-11-33(12-14-35)29-40-44(56)50(6)31-41(46-40)38-9-8-10-39(32(38)2)47-42(54)34-15-17-36(18-16-34)45(3,4)5;16-11-6-5-10(12(17)14-11)15-7-8-3-1-2-4-9(8)13(15)18;/h8-18,30-31H,1,7,19-29H2,2-6H3,(H,47,54);1-2,4,10H,5-7H2,(H,14,16,17);/q2*-1;. The van der Waals surface area contributed by atoms with Gasteiger partial charge in [-0.3, -0.25) is 39.0 Å². The summed E-state index contributed by atoms with van der Waals surface area (Å²) >= 11 is 0. The van der Waals surface area contributed by atoms with E-state index in [-0.39, 0.29) is 79.6 Å². The second kappa shape index (κ2) is 26.7. The molecule has 19 heteroatoms. The number of ether oxygens (including phenoxy) is 2. The first kappa shape index (κ1) is 58.1.